The minimum absolute atomic E-state index is 0.136. The molecular weight excluding hydrogens is 348 g/mol. The minimum Gasteiger partial charge on any atom is -0.495 e. The summed E-state index contributed by atoms with van der Waals surface area (Å²) in [4.78, 5) is 6.21. The molecule has 0 amide bonds. The number of benzene rings is 1. The molecule has 0 saturated heterocycles. The second kappa shape index (κ2) is 5.87. The summed E-state index contributed by atoms with van der Waals surface area (Å²) in [6.45, 7) is 5.32. The third-order valence-corrected chi connectivity index (χ3v) is 5.79. The Bertz CT molecular complexity index is 986. The zero-order chi connectivity index (χ0) is 17.6. The minimum atomic E-state index is -2.77. The lowest BCUT2D eigenvalue weighted by Crippen LogP contribution is -2.13. The van der Waals surface area contributed by atoms with Gasteiger partial charge in [-0.3, -0.25) is 4.40 Å². The van der Waals surface area contributed by atoms with Gasteiger partial charge >= 0.3 is 0 Å². The van der Waals surface area contributed by atoms with Crippen LogP contribution >= 0.6 is 11.3 Å². The zero-order valence-electron chi connectivity index (χ0n) is 13.7. The Morgan fingerprint density at radius 3 is 2.62 bits per heavy atom. The first-order valence-electron chi connectivity index (χ1n) is 7.26. The summed E-state index contributed by atoms with van der Waals surface area (Å²) >= 11 is 1.41. The average molecular weight is 366 g/mol. The Labute approximate surface area is 145 Å². The molecule has 3 aromatic rings. The van der Waals surface area contributed by atoms with E-state index in [1.165, 1.54) is 18.4 Å². The lowest BCUT2D eigenvalue weighted by Gasteiger charge is -2.13. The van der Waals surface area contributed by atoms with Gasteiger partial charge in [0.05, 0.1) is 29.0 Å². The molecule has 2 aromatic heterocycles. The highest BCUT2D eigenvalue weighted by molar-refractivity contribution is 7.72. The molecule has 0 saturated carbocycles. The SMILES string of the molecule is COc1ccc(-c2c(C)nc3sc(C(C)(C)O)cn23)cc1[SH](=O)=O. The molecule has 6 nitrogen and oxygen atoms in total. The smallest absolute Gasteiger partial charge is 0.194 e. The third-order valence-electron chi connectivity index (χ3n) is 3.75. The van der Waals surface area contributed by atoms with E-state index in [0.29, 0.717) is 5.75 Å². The quantitative estimate of drug-likeness (QED) is 0.694. The third kappa shape index (κ3) is 2.81. The second-order valence-corrected chi connectivity index (χ2v) is 8.00. The Hall–Kier alpha value is -1.90. The number of hydrogen-bond donors (Lipinski definition) is 2. The first kappa shape index (κ1) is 16.9. The van der Waals surface area contributed by atoms with Crippen molar-refractivity contribution in [2.24, 2.45) is 0 Å². The van der Waals surface area contributed by atoms with Gasteiger partial charge in [0.15, 0.2) is 15.7 Å². The van der Waals surface area contributed by atoms with E-state index in [0.717, 1.165) is 26.8 Å². The fourth-order valence-corrected chi connectivity index (χ4v) is 4.18. The van der Waals surface area contributed by atoms with Crippen LogP contribution in [-0.2, 0) is 16.3 Å². The molecule has 0 atom stereocenters. The molecule has 24 heavy (non-hydrogen) atoms. The summed E-state index contributed by atoms with van der Waals surface area (Å²) in [7, 11) is -1.33. The fourth-order valence-electron chi connectivity index (χ4n) is 2.56. The van der Waals surface area contributed by atoms with Crippen molar-refractivity contribution in [1.82, 2.24) is 9.38 Å². The number of imidazole rings is 1. The van der Waals surface area contributed by atoms with E-state index in [-0.39, 0.29) is 4.90 Å². The summed E-state index contributed by atoms with van der Waals surface area (Å²) in [5, 5.41) is 10.2. The van der Waals surface area contributed by atoms with E-state index in [1.807, 2.05) is 17.5 Å². The molecule has 0 fully saturated rings. The van der Waals surface area contributed by atoms with Crippen LogP contribution in [-0.4, -0.2) is 30.0 Å². The van der Waals surface area contributed by atoms with Crippen molar-refractivity contribution in [3.05, 3.63) is 35.0 Å². The first-order chi connectivity index (χ1) is 11.2. The largest absolute Gasteiger partial charge is 0.495 e. The van der Waals surface area contributed by atoms with E-state index >= 15 is 0 Å². The van der Waals surface area contributed by atoms with Crippen molar-refractivity contribution in [1.29, 1.82) is 0 Å². The van der Waals surface area contributed by atoms with Crippen molar-refractivity contribution in [3.8, 4) is 17.0 Å². The number of fused-ring (bicyclic) bond motifs is 1. The summed E-state index contributed by atoms with van der Waals surface area (Å²) < 4.78 is 30.0. The van der Waals surface area contributed by atoms with E-state index in [4.69, 9.17) is 4.74 Å². The van der Waals surface area contributed by atoms with Gasteiger partial charge in [-0.05, 0) is 39.0 Å². The van der Waals surface area contributed by atoms with Gasteiger partial charge in [-0.1, -0.05) is 11.3 Å². The van der Waals surface area contributed by atoms with Gasteiger partial charge in [0.2, 0.25) is 0 Å². The van der Waals surface area contributed by atoms with Crippen molar-refractivity contribution >= 4 is 27.0 Å². The highest BCUT2D eigenvalue weighted by Gasteiger charge is 2.23. The maximum atomic E-state index is 11.5. The number of aromatic nitrogens is 2. The van der Waals surface area contributed by atoms with Gasteiger partial charge in [-0.2, -0.15) is 0 Å². The number of nitrogens with zero attached hydrogens (tertiary/aromatic N) is 2. The summed E-state index contributed by atoms with van der Waals surface area (Å²) in [5.74, 6) is 0.316. The van der Waals surface area contributed by atoms with Crippen LogP contribution in [0.25, 0.3) is 16.2 Å². The summed E-state index contributed by atoms with van der Waals surface area (Å²) in [6, 6.07) is 5.03. The number of aliphatic hydroxyl groups is 1. The molecule has 0 unspecified atom stereocenters. The molecule has 3 rings (SSSR count). The molecule has 2 heterocycles. The summed E-state index contributed by atoms with van der Waals surface area (Å²) in [6.07, 6.45) is 1.84. The Morgan fingerprint density at radius 1 is 1.33 bits per heavy atom. The van der Waals surface area contributed by atoms with Crippen LogP contribution in [0.1, 0.15) is 24.4 Å². The van der Waals surface area contributed by atoms with Gasteiger partial charge in [0.25, 0.3) is 0 Å². The molecule has 128 valence electrons. The maximum absolute atomic E-state index is 11.5. The van der Waals surface area contributed by atoms with Gasteiger partial charge in [-0.15, -0.1) is 0 Å². The molecule has 0 spiro atoms. The van der Waals surface area contributed by atoms with E-state index in [1.54, 1.807) is 32.0 Å². The van der Waals surface area contributed by atoms with E-state index < -0.39 is 16.3 Å². The van der Waals surface area contributed by atoms with Crippen LogP contribution in [0, 0.1) is 6.92 Å². The predicted octanol–water partition coefficient (Wildman–Crippen LogP) is 2.58. The van der Waals surface area contributed by atoms with Gasteiger partial charge in [0, 0.05) is 11.8 Å². The normalized spacial score (nSPS) is 12.2. The Morgan fingerprint density at radius 2 is 2.04 bits per heavy atom. The molecule has 0 radical (unpaired) electrons. The fraction of sp³-hybridized carbons (Fsp3) is 0.312. The lowest BCUT2D eigenvalue weighted by molar-refractivity contribution is 0.0822. The van der Waals surface area contributed by atoms with Crippen LogP contribution in [0.3, 0.4) is 0 Å². The Balaban J connectivity index is 2.24. The van der Waals surface area contributed by atoms with Crippen molar-refractivity contribution < 1.29 is 18.3 Å². The van der Waals surface area contributed by atoms with Crippen LogP contribution < -0.4 is 4.74 Å². The number of ether oxygens (including phenoxy) is 1. The monoisotopic (exact) mass is 366 g/mol. The van der Waals surface area contributed by atoms with E-state index in [9.17, 15) is 13.5 Å². The van der Waals surface area contributed by atoms with Crippen LogP contribution in [0.2, 0.25) is 0 Å². The number of thiazole rings is 1. The molecule has 0 aliphatic heterocycles. The Kier molecular flexibility index (Phi) is 4.15. The zero-order valence-corrected chi connectivity index (χ0v) is 15.4. The topological polar surface area (TPSA) is 80.9 Å². The number of rotatable bonds is 4. The van der Waals surface area contributed by atoms with Crippen LogP contribution in [0.5, 0.6) is 5.75 Å². The molecule has 0 aliphatic carbocycles. The van der Waals surface area contributed by atoms with Crippen molar-refractivity contribution in [2.45, 2.75) is 31.3 Å². The van der Waals surface area contributed by atoms with Gasteiger partial charge < -0.3 is 9.84 Å². The molecule has 0 bridgehead atoms. The highest BCUT2D eigenvalue weighted by atomic mass is 32.2. The molecular formula is C16H18N2O4S2. The number of methoxy groups -OCH3 is 1. The van der Waals surface area contributed by atoms with E-state index in [2.05, 4.69) is 4.98 Å². The molecule has 0 aliphatic rings. The number of aryl methyl sites for hydroxylation is 1. The van der Waals surface area contributed by atoms with Crippen LogP contribution in [0.15, 0.2) is 29.3 Å². The maximum Gasteiger partial charge on any atom is 0.194 e. The number of hydrogen-bond acceptors (Lipinski definition) is 6. The summed E-state index contributed by atoms with van der Waals surface area (Å²) in [5.41, 5.74) is 1.37. The molecule has 1 N–H and O–H groups in total. The standard InChI is InChI=1S/C16H18N2O4S2/c1-9-14(10-5-6-11(22-4)12(7-10)24(20)21)18-8-13(16(2,3)19)23-15(18)17-9/h5-8,19,24H,1-4H3. The van der Waals surface area contributed by atoms with Gasteiger partial charge in [0.1, 0.15) is 10.6 Å². The lowest BCUT2D eigenvalue weighted by atomic mass is 10.1. The second-order valence-electron chi connectivity index (χ2n) is 6.00. The van der Waals surface area contributed by atoms with Crippen LogP contribution in [0.4, 0.5) is 0 Å². The first-order valence-corrected chi connectivity index (χ1v) is 9.26. The average Bonchev–Trinajstić information content (AvgIpc) is 3.02. The van der Waals surface area contributed by atoms with Crippen molar-refractivity contribution in [3.63, 3.8) is 0 Å². The molecule has 1 aromatic carbocycles. The number of thiol groups is 1. The highest BCUT2D eigenvalue weighted by Crippen LogP contribution is 2.35. The molecule has 8 heteroatoms. The predicted molar refractivity (Wildman–Crippen MR) is 93.6 cm³/mol. The van der Waals surface area contributed by atoms with Gasteiger partial charge in [-0.25, -0.2) is 13.4 Å². The van der Waals surface area contributed by atoms with Crippen molar-refractivity contribution in [2.75, 3.05) is 7.11 Å².